The summed E-state index contributed by atoms with van der Waals surface area (Å²) in [5.74, 6) is 0. The van der Waals surface area contributed by atoms with E-state index in [4.69, 9.17) is 11.6 Å². The van der Waals surface area contributed by atoms with E-state index in [2.05, 4.69) is 10.3 Å². The minimum Gasteiger partial charge on any atom is -0.312 e. The number of nitro benzene ring substituents is 1. The molecule has 0 radical (unpaired) electrons. The molecule has 0 saturated heterocycles. The molecule has 1 aromatic carbocycles. The molecule has 0 aliphatic heterocycles. The van der Waals surface area contributed by atoms with Gasteiger partial charge in [-0.25, -0.2) is 0 Å². The zero-order valence-corrected chi connectivity index (χ0v) is 11.5. The molecule has 104 valence electrons. The third kappa shape index (κ3) is 4.01. The van der Waals surface area contributed by atoms with Gasteiger partial charge in [0.2, 0.25) is 0 Å². The molecule has 6 heteroatoms. The number of nitrogens with one attached hydrogen (secondary N) is 1. The van der Waals surface area contributed by atoms with Crippen molar-refractivity contribution in [2.24, 2.45) is 0 Å². The van der Waals surface area contributed by atoms with Crippen molar-refractivity contribution in [1.29, 1.82) is 0 Å². The monoisotopic (exact) mass is 291 g/mol. The van der Waals surface area contributed by atoms with Crippen LogP contribution in [0.25, 0.3) is 0 Å². The van der Waals surface area contributed by atoms with Crippen molar-refractivity contribution in [3.63, 3.8) is 0 Å². The highest BCUT2D eigenvalue weighted by molar-refractivity contribution is 6.32. The zero-order chi connectivity index (χ0) is 14.4. The second-order valence-electron chi connectivity index (χ2n) is 4.29. The lowest BCUT2D eigenvalue weighted by Gasteiger charge is -2.05. The maximum absolute atomic E-state index is 10.8. The fourth-order valence-electron chi connectivity index (χ4n) is 1.80. The predicted octanol–water partition coefficient (Wildman–Crippen LogP) is 2.98. The summed E-state index contributed by atoms with van der Waals surface area (Å²) in [4.78, 5) is 14.5. The third-order valence-corrected chi connectivity index (χ3v) is 3.14. The molecular formula is C14H14ClN3O2. The summed E-state index contributed by atoms with van der Waals surface area (Å²) in [5.41, 5.74) is 1.79. The number of aromatic nitrogens is 1. The molecule has 0 spiro atoms. The second-order valence-corrected chi connectivity index (χ2v) is 4.70. The van der Waals surface area contributed by atoms with Crippen LogP contribution in [0.4, 0.5) is 5.69 Å². The Hall–Kier alpha value is -1.98. The van der Waals surface area contributed by atoms with Gasteiger partial charge >= 0.3 is 0 Å². The highest BCUT2D eigenvalue weighted by Crippen LogP contribution is 2.24. The van der Waals surface area contributed by atoms with Gasteiger partial charge in [-0.2, -0.15) is 0 Å². The first-order chi connectivity index (χ1) is 9.66. The maximum atomic E-state index is 10.8. The van der Waals surface area contributed by atoms with Crippen LogP contribution in [0.1, 0.15) is 11.3 Å². The first-order valence-electron chi connectivity index (χ1n) is 6.20. The number of pyridine rings is 1. The van der Waals surface area contributed by atoms with Crippen LogP contribution >= 0.6 is 11.6 Å². The van der Waals surface area contributed by atoms with Crippen LogP contribution in [0.2, 0.25) is 5.02 Å². The average Bonchev–Trinajstić information content (AvgIpc) is 2.46. The molecule has 0 atom stereocenters. The molecule has 0 bridgehead atoms. The van der Waals surface area contributed by atoms with Gasteiger partial charge in [-0.1, -0.05) is 23.7 Å². The first kappa shape index (κ1) is 14.4. The standard InChI is InChI=1S/C14H14ClN3O2/c15-13-5-4-11(9-14(13)18(19)20)10-16-8-6-12-3-1-2-7-17-12/h1-5,7,9,16H,6,8,10H2. The normalized spacial score (nSPS) is 10.4. The van der Waals surface area contributed by atoms with Crippen LogP contribution in [0.5, 0.6) is 0 Å². The number of halogens is 1. The minimum absolute atomic E-state index is 0.0595. The van der Waals surface area contributed by atoms with Crippen molar-refractivity contribution < 1.29 is 4.92 Å². The topological polar surface area (TPSA) is 68.1 Å². The number of nitrogens with zero attached hydrogens (tertiary/aromatic N) is 2. The quantitative estimate of drug-likeness (QED) is 0.505. The van der Waals surface area contributed by atoms with Crippen LogP contribution in [0.15, 0.2) is 42.6 Å². The number of hydrogen-bond donors (Lipinski definition) is 1. The lowest BCUT2D eigenvalue weighted by atomic mass is 10.2. The molecule has 0 amide bonds. The first-order valence-corrected chi connectivity index (χ1v) is 6.58. The summed E-state index contributed by atoms with van der Waals surface area (Å²) in [6, 6.07) is 10.6. The molecule has 1 aromatic heterocycles. The Morgan fingerprint density at radius 1 is 1.30 bits per heavy atom. The highest BCUT2D eigenvalue weighted by atomic mass is 35.5. The van der Waals surface area contributed by atoms with E-state index in [1.165, 1.54) is 6.07 Å². The average molecular weight is 292 g/mol. The van der Waals surface area contributed by atoms with E-state index in [-0.39, 0.29) is 10.7 Å². The van der Waals surface area contributed by atoms with Crippen LogP contribution in [0, 0.1) is 10.1 Å². The van der Waals surface area contributed by atoms with Gasteiger partial charge in [0.15, 0.2) is 0 Å². The number of rotatable bonds is 6. The molecule has 0 saturated carbocycles. The molecular weight excluding hydrogens is 278 g/mol. The Morgan fingerprint density at radius 3 is 2.85 bits per heavy atom. The fourth-order valence-corrected chi connectivity index (χ4v) is 1.99. The summed E-state index contributed by atoms with van der Waals surface area (Å²) < 4.78 is 0. The zero-order valence-electron chi connectivity index (χ0n) is 10.8. The summed E-state index contributed by atoms with van der Waals surface area (Å²) in [6.45, 7) is 1.32. The van der Waals surface area contributed by atoms with Crippen molar-refractivity contribution >= 4 is 17.3 Å². The van der Waals surface area contributed by atoms with E-state index >= 15 is 0 Å². The lowest BCUT2D eigenvalue weighted by Crippen LogP contribution is -2.17. The van der Waals surface area contributed by atoms with Gasteiger partial charge in [-0.15, -0.1) is 0 Å². The molecule has 2 rings (SSSR count). The number of benzene rings is 1. The van der Waals surface area contributed by atoms with Crippen molar-refractivity contribution in [1.82, 2.24) is 10.3 Å². The van der Waals surface area contributed by atoms with Crippen molar-refractivity contribution in [3.8, 4) is 0 Å². The Bertz CT molecular complexity index is 590. The van der Waals surface area contributed by atoms with Crippen molar-refractivity contribution in [3.05, 3.63) is 69.0 Å². The van der Waals surface area contributed by atoms with Crippen molar-refractivity contribution in [2.45, 2.75) is 13.0 Å². The minimum atomic E-state index is -0.472. The fraction of sp³-hybridized carbons (Fsp3) is 0.214. The van der Waals surface area contributed by atoms with E-state index in [1.807, 2.05) is 18.2 Å². The largest absolute Gasteiger partial charge is 0.312 e. The van der Waals surface area contributed by atoms with Gasteiger partial charge in [0.1, 0.15) is 5.02 Å². The summed E-state index contributed by atoms with van der Waals surface area (Å²) in [6.07, 6.45) is 2.58. The Kier molecular flexibility index (Phi) is 5.03. The van der Waals surface area contributed by atoms with Crippen LogP contribution in [-0.2, 0) is 13.0 Å². The molecule has 0 unspecified atom stereocenters. The van der Waals surface area contributed by atoms with Gasteiger partial charge in [0, 0.05) is 37.5 Å². The molecule has 1 N–H and O–H groups in total. The molecule has 2 aromatic rings. The van der Waals surface area contributed by atoms with E-state index in [0.29, 0.717) is 6.54 Å². The van der Waals surface area contributed by atoms with Crippen LogP contribution in [0.3, 0.4) is 0 Å². The molecule has 20 heavy (non-hydrogen) atoms. The van der Waals surface area contributed by atoms with E-state index in [0.717, 1.165) is 24.2 Å². The van der Waals surface area contributed by atoms with E-state index in [9.17, 15) is 10.1 Å². The van der Waals surface area contributed by atoms with Gasteiger partial charge in [-0.05, 0) is 23.8 Å². The van der Waals surface area contributed by atoms with Gasteiger partial charge < -0.3 is 5.32 Å². The van der Waals surface area contributed by atoms with Gasteiger partial charge in [0.05, 0.1) is 4.92 Å². The Balaban J connectivity index is 1.85. The Morgan fingerprint density at radius 2 is 2.15 bits per heavy atom. The third-order valence-electron chi connectivity index (χ3n) is 2.82. The Labute approximate surface area is 121 Å². The number of nitro groups is 1. The SMILES string of the molecule is O=[N+]([O-])c1cc(CNCCc2ccccn2)ccc1Cl. The van der Waals surface area contributed by atoms with E-state index < -0.39 is 4.92 Å². The maximum Gasteiger partial charge on any atom is 0.288 e. The number of hydrogen-bond acceptors (Lipinski definition) is 4. The predicted molar refractivity (Wildman–Crippen MR) is 77.8 cm³/mol. The summed E-state index contributed by atoms with van der Waals surface area (Å²) in [5, 5.41) is 14.2. The van der Waals surface area contributed by atoms with Gasteiger partial charge in [-0.3, -0.25) is 15.1 Å². The molecule has 0 aliphatic rings. The van der Waals surface area contributed by atoms with E-state index in [1.54, 1.807) is 18.3 Å². The van der Waals surface area contributed by atoms with Crippen molar-refractivity contribution in [2.75, 3.05) is 6.54 Å². The molecule has 1 heterocycles. The van der Waals surface area contributed by atoms with Crippen LogP contribution in [-0.4, -0.2) is 16.5 Å². The molecule has 5 nitrogen and oxygen atoms in total. The summed E-state index contributed by atoms with van der Waals surface area (Å²) in [7, 11) is 0. The summed E-state index contributed by atoms with van der Waals surface area (Å²) >= 11 is 5.76. The molecule has 0 fully saturated rings. The van der Waals surface area contributed by atoms with Crippen LogP contribution < -0.4 is 5.32 Å². The lowest BCUT2D eigenvalue weighted by molar-refractivity contribution is -0.384. The smallest absolute Gasteiger partial charge is 0.288 e. The highest BCUT2D eigenvalue weighted by Gasteiger charge is 2.12. The van der Waals surface area contributed by atoms with Gasteiger partial charge in [0.25, 0.3) is 5.69 Å². The molecule has 0 aliphatic carbocycles. The second kappa shape index (κ2) is 6.98.